The maximum atomic E-state index is 11.2. The van der Waals surface area contributed by atoms with Gasteiger partial charge in [0.1, 0.15) is 6.61 Å². The van der Waals surface area contributed by atoms with Crippen LogP contribution >= 0.6 is 28.6 Å². The number of thiol groups is 1. The molecule has 0 saturated heterocycles. The molecule has 0 spiro atoms. The van der Waals surface area contributed by atoms with Gasteiger partial charge >= 0.3 is 5.97 Å². The van der Waals surface area contributed by atoms with Crippen LogP contribution < -0.4 is 0 Å². The molecule has 0 atom stereocenters. The molecule has 70 valence electrons. The minimum Gasteiger partial charge on any atom is -0.461 e. The molecule has 1 aromatic carbocycles. The Labute approximate surface area is 90.8 Å². The van der Waals surface area contributed by atoms with E-state index in [0.717, 1.165) is 4.47 Å². The van der Waals surface area contributed by atoms with Gasteiger partial charge in [-0.1, -0.05) is 15.9 Å². The summed E-state index contributed by atoms with van der Waals surface area (Å²) < 4.78 is 5.83. The van der Waals surface area contributed by atoms with E-state index in [-0.39, 0.29) is 5.97 Å². The Balaban J connectivity index is 2.61. The van der Waals surface area contributed by atoms with Crippen LogP contribution in [0.5, 0.6) is 0 Å². The average Bonchev–Trinajstić information content (AvgIpc) is 2.15. The van der Waals surface area contributed by atoms with Crippen molar-refractivity contribution in [1.29, 1.82) is 0 Å². The van der Waals surface area contributed by atoms with Gasteiger partial charge in [-0.25, -0.2) is 4.79 Å². The number of hydrogen-bond donors (Lipinski definition) is 1. The SMILES string of the molecule is O=C(OCCS)c1ccc(Br)cc1. The van der Waals surface area contributed by atoms with Crippen molar-refractivity contribution < 1.29 is 9.53 Å². The van der Waals surface area contributed by atoms with Crippen LogP contribution in [-0.4, -0.2) is 18.3 Å². The van der Waals surface area contributed by atoms with Crippen molar-refractivity contribution in [3.63, 3.8) is 0 Å². The second kappa shape index (κ2) is 5.29. The lowest BCUT2D eigenvalue weighted by Crippen LogP contribution is -2.06. The summed E-state index contributed by atoms with van der Waals surface area (Å²) in [5, 5.41) is 0. The zero-order valence-corrected chi connectivity index (χ0v) is 9.35. The van der Waals surface area contributed by atoms with E-state index in [1.54, 1.807) is 24.3 Å². The molecule has 4 heteroatoms. The number of esters is 1. The molecular weight excluding hydrogens is 252 g/mol. The zero-order chi connectivity index (χ0) is 9.68. The first kappa shape index (κ1) is 10.6. The summed E-state index contributed by atoms with van der Waals surface area (Å²) in [5.74, 6) is 0.240. The smallest absolute Gasteiger partial charge is 0.338 e. The predicted octanol–water partition coefficient (Wildman–Crippen LogP) is 2.54. The third-order valence-electron chi connectivity index (χ3n) is 1.40. The summed E-state index contributed by atoms with van der Waals surface area (Å²) in [6.45, 7) is 0.345. The van der Waals surface area contributed by atoms with Crippen molar-refractivity contribution >= 4 is 34.5 Å². The second-order valence-electron chi connectivity index (χ2n) is 2.37. The lowest BCUT2D eigenvalue weighted by molar-refractivity contribution is 0.0530. The van der Waals surface area contributed by atoms with Gasteiger partial charge in [0.2, 0.25) is 0 Å². The van der Waals surface area contributed by atoms with E-state index in [0.29, 0.717) is 17.9 Å². The molecule has 0 aliphatic heterocycles. The first-order chi connectivity index (χ1) is 6.24. The largest absolute Gasteiger partial charge is 0.461 e. The third-order valence-corrected chi connectivity index (χ3v) is 2.12. The van der Waals surface area contributed by atoms with Gasteiger partial charge in [0.25, 0.3) is 0 Å². The van der Waals surface area contributed by atoms with E-state index in [9.17, 15) is 4.79 Å². The summed E-state index contributed by atoms with van der Waals surface area (Å²) in [6, 6.07) is 7.03. The van der Waals surface area contributed by atoms with Crippen molar-refractivity contribution in [3.05, 3.63) is 34.3 Å². The molecule has 0 N–H and O–H groups in total. The molecule has 0 radical (unpaired) electrons. The van der Waals surface area contributed by atoms with Crippen LogP contribution in [-0.2, 0) is 4.74 Å². The van der Waals surface area contributed by atoms with Gasteiger partial charge in [0.05, 0.1) is 5.56 Å². The van der Waals surface area contributed by atoms with Gasteiger partial charge < -0.3 is 4.74 Å². The van der Waals surface area contributed by atoms with E-state index < -0.39 is 0 Å². The van der Waals surface area contributed by atoms with Crippen LogP contribution in [0.25, 0.3) is 0 Å². The summed E-state index contributed by atoms with van der Waals surface area (Å²) >= 11 is 7.22. The van der Waals surface area contributed by atoms with E-state index in [1.807, 2.05) is 0 Å². The molecule has 0 bridgehead atoms. The van der Waals surface area contributed by atoms with Crippen molar-refractivity contribution in [1.82, 2.24) is 0 Å². The molecule has 0 aliphatic carbocycles. The van der Waals surface area contributed by atoms with E-state index in [4.69, 9.17) is 4.74 Å². The Bertz CT molecular complexity index is 284. The summed E-state index contributed by atoms with van der Waals surface area (Å²) in [5.41, 5.74) is 0.560. The Morgan fingerprint density at radius 3 is 2.54 bits per heavy atom. The molecule has 2 nitrogen and oxygen atoms in total. The monoisotopic (exact) mass is 260 g/mol. The van der Waals surface area contributed by atoms with Gasteiger partial charge in [0.15, 0.2) is 0 Å². The van der Waals surface area contributed by atoms with Crippen LogP contribution in [0.4, 0.5) is 0 Å². The van der Waals surface area contributed by atoms with Crippen LogP contribution in [0.3, 0.4) is 0 Å². The van der Waals surface area contributed by atoms with E-state index in [2.05, 4.69) is 28.6 Å². The van der Waals surface area contributed by atoms with Crippen molar-refractivity contribution in [2.45, 2.75) is 0 Å². The number of carbonyl (C=O) groups excluding carboxylic acids is 1. The van der Waals surface area contributed by atoms with Crippen LogP contribution in [0.1, 0.15) is 10.4 Å². The molecule has 0 unspecified atom stereocenters. The number of benzene rings is 1. The normalized spacial score (nSPS) is 9.69. The molecule has 0 aromatic heterocycles. The average molecular weight is 261 g/mol. The fourth-order valence-electron chi connectivity index (χ4n) is 0.808. The summed E-state index contributed by atoms with van der Waals surface area (Å²) in [6.07, 6.45) is 0. The lowest BCUT2D eigenvalue weighted by atomic mass is 10.2. The fraction of sp³-hybridized carbons (Fsp3) is 0.222. The third kappa shape index (κ3) is 3.40. The maximum Gasteiger partial charge on any atom is 0.338 e. The molecule has 0 saturated carbocycles. The van der Waals surface area contributed by atoms with Gasteiger partial charge in [-0.15, -0.1) is 0 Å². The highest BCUT2D eigenvalue weighted by molar-refractivity contribution is 9.10. The van der Waals surface area contributed by atoms with Crippen molar-refractivity contribution in [2.24, 2.45) is 0 Å². The van der Waals surface area contributed by atoms with Gasteiger partial charge in [-0.2, -0.15) is 12.6 Å². The zero-order valence-electron chi connectivity index (χ0n) is 6.87. The number of carbonyl (C=O) groups is 1. The number of hydrogen-bond acceptors (Lipinski definition) is 3. The quantitative estimate of drug-likeness (QED) is 0.668. The Kier molecular flexibility index (Phi) is 4.32. The molecule has 13 heavy (non-hydrogen) atoms. The highest BCUT2D eigenvalue weighted by Crippen LogP contribution is 2.11. The van der Waals surface area contributed by atoms with Crippen LogP contribution in [0.2, 0.25) is 0 Å². The minimum absolute atomic E-state index is 0.304. The topological polar surface area (TPSA) is 26.3 Å². The summed E-state index contributed by atoms with van der Waals surface area (Å²) in [4.78, 5) is 11.2. The summed E-state index contributed by atoms with van der Waals surface area (Å²) in [7, 11) is 0. The van der Waals surface area contributed by atoms with E-state index >= 15 is 0 Å². The first-order valence-corrected chi connectivity index (χ1v) is 5.20. The second-order valence-corrected chi connectivity index (χ2v) is 3.73. The fourth-order valence-corrected chi connectivity index (χ4v) is 1.16. The number of ether oxygens (including phenoxy) is 1. The molecule has 1 aromatic rings. The molecule has 1 rings (SSSR count). The number of rotatable bonds is 3. The molecular formula is C9H9BrO2S. The minimum atomic E-state index is -0.304. The Hall–Kier alpha value is -0.480. The molecule has 0 heterocycles. The predicted molar refractivity (Wildman–Crippen MR) is 58.3 cm³/mol. The standard InChI is InChI=1S/C9H9BrO2S/c10-8-3-1-7(2-4-8)9(11)12-5-6-13/h1-4,13H,5-6H2. The first-order valence-electron chi connectivity index (χ1n) is 3.77. The Morgan fingerprint density at radius 2 is 2.00 bits per heavy atom. The molecule has 0 fully saturated rings. The van der Waals surface area contributed by atoms with Gasteiger partial charge in [-0.05, 0) is 24.3 Å². The highest BCUT2D eigenvalue weighted by Gasteiger charge is 2.04. The highest BCUT2D eigenvalue weighted by atomic mass is 79.9. The van der Waals surface area contributed by atoms with Gasteiger partial charge in [0, 0.05) is 10.2 Å². The number of halogens is 1. The van der Waals surface area contributed by atoms with Gasteiger partial charge in [-0.3, -0.25) is 0 Å². The molecule has 0 amide bonds. The van der Waals surface area contributed by atoms with Crippen molar-refractivity contribution in [3.8, 4) is 0 Å². The molecule has 0 aliphatic rings. The lowest BCUT2D eigenvalue weighted by Gasteiger charge is -2.01. The Morgan fingerprint density at radius 1 is 1.38 bits per heavy atom. The van der Waals surface area contributed by atoms with Crippen molar-refractivity contribution in [2.75, 3.05) is 12.4 Å². The van der Waals surface area contributed by atoms with Crippen LogP contribution in [0.15, 0.2) is 28.7 Å². The van der Waals surface area contributed by atoms with E-state index in [1.165, 1.54) is 0 Å². The van der Waals surface area contributed by atoms with Crippen LogP contribution in [0, 0.1) is 0 Å². The maximum absolute atomic E-state index is 11.2.